The first kappa shape index (κ1) is 16.4. The number of rotatable bonds is 5. The smallest absolute Gasteiger partial charge is 0.165 e. The quantitative estimate of drug-likeness (QED) is 0.782. The molecule has 24 heavy (non-hydrogen) atoms. The van der Waals surface area contributed by atoms with Crippen LogP contribution in [0.15, 0.2) is 30.3 Å². The number of anilines is 1. The van der Waals surface area contributed by atoms with E-state index < -0.39 is 0 Å². The van der Waals surface area contributed by atoms with Crippen LogP contribution in [0.2, 0.25) is 0 Å². The third kappa shape index (κ3) is 3.23. The Balaban J connectivity index is 2.07. The van der Waals surface area contributed by atoms with Crippen LogP contribution in [0.5, 0.6) is 0 Å². The van der Waals surface area contributed by atoms with Crippen molar-refractivity contribution in [2.75, 3.05) is 32.5 Å². The Kier molecular flexibility index (Phi) is 4.49. The summed E-state index contributed by atoms with van der Waals surface area (Å²) >= 11 is 0. The first-order valence-electron chi connectivity index (χ1n) is 7.97. The van der Waals surface area contributed by atoms with E-state index in [9.17, 15) is 4.39 Å². The molecule has 0 aliphatic heterocycles. The first-order valence-corrected chi connectivity index (χ1v) is 7.97. The molecule has 126 valence electrons. The summed E-state index contributed by atoms with van der Waals surface area (Å²) in [6.07, 6.45) is 0. The highest BCUT2D eigenvalue weighted by molar-refractivity contribution is 5.80. The second kappa shape index (κ2) is 6.57. The van der Waals surface area contributed by atoms with Crippen molar-refractivity contribution in [3.8, 4) is 11.1 Å². The van der Waals surface area contributed by atoms with Crippen molar-refractivity contribution in [2.24, 2.45) is 0 Å². The van der Waals surface area contributed by atoms with Crippen LogP contribution in [-0.4, -0.2) is 46.7 Å². The fraction of sp³-hybridized carbons (Fsp3) is 0.333. The Hall–Kier alpha value is -2.47. The predicted molar refractivity (Wildman–Crippen MR) is 94.9 cm³/mol. The van der Waals surface area contributed by atoms with Gasteiger partial charge in [-0.15, -0.1) is 0 Å². The maximum atomic E-state index is 13.2. The van der Waals surface area contributed by atoms with Gasteiger partial charge < -0.3 is 10.2 Å². The molecule has 0 aliphatic carbocycles. The molecular weight excluding hydrogens is 305 g/mol. The van der Waals surface area contributed by atoms with Crippen molar-refractivity contribution >= 4 is 11.5 Å². The van der Waals surface area contributed by atoms with Crippen molar-refractivity contribution in [1.82, 2.24) is 19.5 Å². The van der Waals surface area contributed by atoms with Crippen LogP contribution in [0, 0.1) is 19.7 Å². The molecule has 0 bridgehead atoms. The molecule has 6 heteroatoms. The topological polar surface area (TPSA) is 45.5 Å². The molecule has 0 saturated heterocycles. The van der Waals surface area contributed by atoms with Crippen molar-refractivity contribution in [2.45, 2.75) is 13.8 Å². The van der Waals surface area contributed by atoms with Crippen molar-refractivity contribution in [3.05, 3.63) is 47.5 Å². The third-order valence-electron chi connectivity index (χ3n) is 3.89. The predicted octanol–water partition coefficient (Wildman–Crippen LogP) is 3.13. The fourth-order valence-corrected chi connectivity index (χ4v) is 2.73. The lowest BCUT2D eigenvalue weighted by Crippen LogP contribution is -2.21. The Morgan fingerprint density at radius 1 is 1.17 bits per heavy atom. The van der Waals surface area contributed by atoms with Crippen molar-refractivity contribution < 1.29 is 4.39 Å². The Labute approximate surface area is 141 Å². The molecule has 5 nitrogen and oxygen atoms in total. The lowest BCUT2D eigenvalue weighted by Gasteiger charge is -2.13. The van der Waals surface area contributed by atoms with E-state index in [-0.39, 0.29) is 5.82 Å². The van der Waals surface area contributed by atoms with Crippen LogP contribution in [0.1, 0.15) is 11.4 Å². The van der Waals surface area contributed by atoms with Gasteiger partial charge in [-0.05, 0) is 45.6 Å². The van der Waals surface area contributed by atoms with Gasteiger partial charge in [0, 0.05) is 30.4 Å². The molecule has 2 heterocycles. The maximum absolute atomic E-state index is 13.2. The number of aryl methyl sites for hydroxylation is 2. The second-order valence-electron chi connectivity index (χ2n) is 6.22. The largest absolute Gasteiger partial charge is 0.369 e. The summed E-state index contributed by atoms with van der Waals surface area (Å²) in [5.41, 5.74) is 4.43. The monoisotopic (exact) mass is 327 g/mol. The third-order valence-corrected chi connectivity index (χ3v) is 3.89. The van der Waals surface area contributed by atoms with Gasteiger partial charge in [0.15, 0.2) is 5.65 Å². The minimum Gasteiger partial charge on any atom is -0.369 e. The Morgan fingerprint density at radius 2 is 1.88 bits per heavy atom. The summed E-state index contributed by atoms with van der Waals surface area (Å²) in [6, 6.07) is 8.45. The van der Waals surface area contributed by atoms with E-state index in [0.29, 0.717) is 0 Å². The number of halogens is 1. The van der Waals surface area contributed by atoms with Gasteiger partial charge in [-0.3, -0.25) is 0 Å². The molecule has 2 aromatic heterocycles. The van der Waals surface area contributed by atoms with Gasteiger partial charge in [0.05, 0.1) is 5.69 Å². The molecule has 0 saturated carbocycles. The van der Waals surface area contributed by atoms with Gasteiger partial charge in [-0.25, -0.2) is 9.37 Å². The average Bonchev–Trinajstić information content (AvgIpc) is 2.84. The molecule has 0 spiro atoms. The number of nitrogens with one attached hydrogen (secondary N) is 1. The summed E-state index contributed by atoms with van der Waals surface area (Å²) in [4.78, 5) is 6.78. The normalized spacial score (nSPS) is 11.4. The van der Waals surface area contributed by atoms with Crippen molar-refractivity contribution in [1.29, 1.82) is 0 Å². The van der Waals surface area contributed by atoms with E-state index >= 15 is 0 Å². The molecule has 0 radical (unpaired) electrons. The number of fused-ring (bicyclic) bond motifs is 1. The maximum Gasteiger partial charge on any atom is 0.165 e. The molecule has 0 atom stereocenters. The van der Waals surface area contributed by atoms with Crippen LogP contribution in [-0.2, 0) is 0 Å². The highest BCUT2D eigenvalue weighted by atomic mass is 19.1. The lowest BCUT2D eigenvalue weighted by molar-refractivity contribution is 0.425. The van der Waals surface area contributed by atoms with Crippen LogP contribution in [0.3, 0.4) is 0 Å². The van der Waals surface area contributed by atoms with Gasteiger partial charge >= 0.3 is 0 Å². The van der Waals surface area contributed by atoms with Gasteiger partial charge in [-0.2, -0.15) is 9.61 Å². The first-order chi connectivity index (χ1) is 11.5. The zero-order valence-corrected chi connectivity index (χ0v) is 14.5. The Morgan fingerprint density at radius 3 is 2.54 bits per heavy atom. The van der Waals surface area contributed by atoms with E-state index in [1.165, 1.54) is 12.1 Å². The van der Waals surface area contributed by atoms with Crippen molar-refractivity contribution in [3.63, 3.8) is 0 Å². The molecule has 1 aromatic carbocycles. The summed E-state index contributed by atoms with van der Waals surface area (Å²) in [6.45, 7) is 5.66. The molecule has 3 aromatic rings. The standard InChI is InChI=1S/C18H22FN5/c1-12-11-16(20-9-10-23(3)4)24-18(21-12)17(13(2)22-24)14-5-7-15(19)8-6-14/h5-8,11,20H,9-10H2,1-4H3. The van der Waals surface area contributed by atoms with E-state index in [1.54, 1.807) is 12.1 Å². The second-order valence-corrected chi connectivity index (χ2v) is 6.22. The molecule has 0 amide bonds. The van der Waals surface area contributed by atoms with E-state index in [0.717, 1.165) is 47.1 Å². The average molecular weight is 327 g/mol. The molecule has 0 unspecified atom stereocenters. The number of hydrogen-bond donors (Lipinski definition) is 1. The molecular formula is C18H22FN5. The molecule has 1 N–H and O–H groups in total. The summed E-state index contributed by atoms with van der Waals surface area (Å²) in [7, 11) is 4.08. The number of hydrogen-bond acceptors (Lipinski definition) is 4. The van der Waals surface area contributed by atoms with E-state index in [1.807, 2.05) is 38.5 Å². The Bertz CT molecular complexity index is 852. The number of likely N-dealkylation sites (N-methyl/N-ethyl adjacent to an activating group) is 1. The van der Waals surface area contributed by atoms with Crippen LogP contribution in [0.25, 0.3) is 16.8 Å². The van der Waals surface area contributed by atoms with E-state index in [2.05, 4.69) is 20.3 Å². The van der Waals surface area contributed by atoms with Crippen LogP contribution < -0.4 is 5.32 Å². The molecule has 0 aliphatic rings. The van der Waals surface area contributed by atoms with Gasteiger partial charge in [0.25, 0.3) is 0 Å². The van der Waals surface area contributed by atoms with Gasteiger partial charge in [0.2, 0.25) is 0 Å². The number of benzene rings is 1. The minimum atomic E-state index is -0.247. The SMILES string of the molecule is Cc1cc(NCCN(C)C)n2nc(C)c(-c3ccc(F)cc3)c2n1. The number of aromatic nitrogens is 3. The van der Waals surface area contributed by atoms with Gasteiger partial charge in [0.1, 0.15) is 11.6 Å². The highest BCUT2D eigenvalue weighted by Crippen LogP contribution is 2.29. The lowest BCUT2D eigenvalue weighted by atomic mass is 10.1. The van der Waals surface area contributed by atoms with Crippen LogP contribution in [0.4, 0.5) is 10.2 Å². The minimum absolute atomic E-state index is 0.247. The van der Waals surface area contributed by atoms with E-state index in [4.69, 9.17) is 0 Å². The summed E-state index contributed by atoms with van der Waals surface area (Å²) in [5.74, 6) is 0.666. The zero-order chi connectivity index (χ0) is 17.3. The summed E-state index contributed by atoms with van der Waals surface area (Å²) < 4.78 is 15.1. The highest BCUT2D eigenvalue weighted by Gasteiger charge is 2.16. The zero-order valence-electron chi connectivity index (χ0n) is 14.5. The molecule has 0 fully saturated rings. The number of nitrogens with zero attached hydrogens (tertiary/aromatic N) is 4. The molecule has 3 rings (SSSR count). The summed E-state index contributed by atoms with van der Waals surface area (Å²) in [5, 5.41) is 8.05. The van der Waals surface area contributed by atoms with Gasteiger partial charge in [-0.1, -0.05) is 12.1 Å². The fourth-order valence-electron chi connectivity index (χ4n) is 2.73. The van der Waals surface area contributed by atoms with Crippen LogP contribution >= 0.6 is 0 Å².